The SMILES string of the molecule is Cc1nc2cc(OCc3nc(C(=O)NC(C)C4CC4)co3)ccc2s1. The fourth-order valence-corrected chi connectivity index (χ4v) is 3.54. The Balaban J connectivity index is 1.37. The zero-order valence-corrected chi connectivity index (χ0v) is 14.9. The maximum absolute atomic E-state index is 12.1. The van der Waals surface area contributed by atoms with Crippen molar-refractivity contribution in [3.63, 3.8) is 0 Å². The summed E-state index contributed by atoms with van der Waals surface area (Å²) in [6.07, 6.45) is 3.74. The van der Waals surface area contributed by atoms with Gasteiger partial charge in [-0.3, -0.25) is 4.79 Å². The number of benzene rings is 1. The Hall–Kier alpha value is -2.41. The van der Waals surface area contributed by atoms with Crippen LogP contribution in [0.25, 0.3) is 10.2 Å². The fraction of sp³-hybridized carbons (Fsp3) is 0.389. The average molecular weight is 357 g/mol. The summed E-state index contributed by atoms with van der Waals surface area (Å²) in [4.78, 5) is 20.8. The number of aryl methyl sites for hydroxylation is 1. The average Bonchev–Trinajstić information content (AvgIpc) is 3.21. The van der Waals surface area contributed by atoms with Crippen LogP contribution in [0.1, 0.15) is 41.2 Å². The highest BCUT2D eigenvalue weighted by atomic mass is 32.1. The van der Waals surface area contributed by atoms with Gasteiger partial charge >= 0.3 is 0 Å². The van der Waals surface area contributed by atoms with E-state index < -0.39 is 0 Å². The molecule has 6 nitrogen and oxygen atoms in total. The third-order valence-electron chi connectivity index (χ3n) is 4.30. The number of carbonyl (C=O) groups excluding carboxylic acids is 1. The molecule has 1 aliphatic rings. The van der Waals surface area contributed by atoms with Crippen molar-refractivity contribution in [1.82, 2.24) is 15.3 Å². The fourth-order valence-electron chi connectivity index (χ4n) is 2.73. The standard InChI is InChI=1S/C18H19N3O3S/c1-10(12-3-4-12)19-18(22)15-8-24-17(21-15)9-23-13-5-6-16-14(7-13)20-11(2)25-16/h5-8,10,12H,3-4,9H2,1-2H3,(H,19,22). The van der Waals surface area contributed by atoms with Gasteiger partial charge in [-0.1, -0.05) is 0 Å². The van der Waals surface area contributed by atoms with Gasteiger partial charge in [-0.05, 0) is 44.7 Å². The number of rotatable bonds is 6. The predicted molar refractivity (Wildman–Crippen MR) is 94.8 cm³/mol. The van der Waals surface area contributed by atoms with E-state index in [0.29, 0.717) is 17.6 Å². The lowest BCUT2D eigenvalue weighted by molar-refractivity contribution is 0.0930. The van der Waals surface area contributed by atoms with Crippen LogP contribution in [0.2, 0.25) is 0 Å². The van der Waals surface area contributed by atoms with Gasteiger partial charge < -0.3 is 14.5 Å². The number of aromatic nitrogens is 2. The van der Waals surface area contributed by atoms with Crippen LogP contribution in [0.3, 0.4) is 0 Å². The van der Waals surface area contributed by atoms with Gasteiger partial charge in [0.15, 0.2) is 12.3 Å². The number of thiazole rings is 1. The first kappa shape index (κ1) is 16.1. The number of fused-ring (bicyclic) bond motifs is 1. The summed E-state index contributed by atoms with van der Waals surface area (Å²) in [5, 5.41) is 3.98. The van der Waals surface area contributed by atoms with E-state index in [0.717, 1.165) is 15.2 Å². The van der Waals surface area contributed by atoms with Gasteiger partial charge in [-0.25, -0.2) is 9.97 Å². The molecule has 2 heterocycles. The predicted octanol–water partition coefficient (Wildman–Crippen LogP) is 3.70. The highest BCUT2D eigenvalue weighted by molar-refractivity contribution is 7.18. The Morgan fingerprint density at radius 3 is 3.08 bits per heavy atom. The molecule has 0 spiro atoms. The molecule has 0 saturated heterocycles. The van der Waals surface area contributed by atoms with Crippen molar-refractivity contribution in [1.29, 1.82) is 0 Å². The van der Waals surface area contributed by atoms with Crippen molar-refractivity contribution in [2.75, 3.05) is 0 Å². The van der Waals surface area contributed by atoms with Crippen molar-refractivity contribution in [2.24, 2.45) is 5.92 Å². The molecule has 25 heavy (non-hydrogen) atoms. The van der Waals surface area contributed by atoms with Crippen LogP contribution in [0, 0.1) is 12.8 Å². The van der Waals surface area contributed by atoms with Crippen LogP contribution in [-0.4, -0.2) is 21.9 Å². The van der Waals surface area contributed by atoms with E-state index in [-0.39, 0.29) is 24.2 Å². The second-order valence-corrected chi connectivity index (χ2v) is 7.61. The quantitative estimate of drug-likeness (QED) is 0.728. The third kappa shape index (κ3) is 3.66. The first-order valence-corrected chi connectivity index (χ1v) is 9.15. The Morgan fingerprint density at radius 1 is 1.44 bits per heavy atom. The van der Waals surface area contributed by atoms with Crippen molar-refractivity contribution in [3.05, 3.63) is 41.1 Å². The maximum Gasteiger partial charge on any atom is 0.273 e. The minimum atomic E-state index is -0.200. The number of nitrogens with zero attached hydrogens (tertiary/aromatic N) is 2. The molecule has 1 amide bonds. The lowest BCUT2D eigenvalue weighted by atomic mass is 10.2. The van der Waals surface area contributed by atoms with E-state index in [4.69, 9.17) is 9.15 Å². The van der Waals surface area contributed by atoms with Crippen LogP contribution in [0.5, 0.6) is 5.75 Å². The van der Waals surface area contributed by atoms with Gasteiger partial charge in [0.25, 0.3) is 5.91 Å². The monoisotopic (exact) mass is 357 g/mol. The topological polar surface area (TPSA) is 77.2 Å². The zero-order chi connectivity index (χ0) is 17.4. The van der Waals surface area contributed by atoms with Gasteiger partial charge in [0.2, 0.25) is 5.89 Å². The van der Waals surface area contributed by atoms with E-state index in [1.807, 2.05) is 32.0 Å². The molecule has 0 aliphatic heterocycles. The molecule has 1 saturated carbocycles. The molecule has 1 atom stereocenters. The molecule has 130 valence electrons. The Kier molecular flexibility index (Phi) is 4.17. The second-order valence-electron chi connectivity index (χ2n) is 6.38. The van der Waals surface area contributed by atoms with Crippen molar-refractivity contribution >= 4 is 27.5 Å². The smallest absolute Gasteiger partial charge is 0.273 e. The van der Waals surface area contributed by atoms with Gasteiger partial charge in [0.05, 0.1) is 15.2 Å². The highest BCUT2D eigenvalue weighted by Crippen LogP contribution is 2.32. The number of amides is 1. The maximum atomic E-state index is 12.1. The molecule has 1 unspecified atom stereocenters. The molecule has 0 bridgehead atoms. The summed E-state index contributed by atoms with van der Waals surface area (Å²) in [5.74, 6) is 1.47. The van der Waals surface area contributed by atoms with E-state index in [9.17, 15) is 4.79 Å². The van der Waals surface area contributed by atoms with Crippen LogP contribution in [0.15, 0.2) is 28.9 Å². The second kappa shape index (κ2) is 6.48. The van der Waals surface area contributed by atoms with Gasteiger partial charge in [0, 0.05) is 12.1 Å². The summed E-state index contributed by atoms with van der Waals surface area (Å²) in [6.45, 7) is 4.17. The van der Waals surface area contributed by atoms with Crippen molar-refractivity contribution < 1.29 is 13.9 Å². The molecular weight excluding hydrogens is 338 g/mol. The minimum absolute atomic E-state index is 0.167. The third-order valence-corrected chi connectivity index (χ3v) is 5.25. The Bertz CT molecular complexity index is 913. The number of carbonyl (C=O) groups is 1. The first-order chi connectivity index (χ1) is 12.1. The van der Waals surface area contributed by atoms with Gasteiger partial charge in [-0.2, -0.15) is 0 Å². The Morgan fingerprint density at radius 2 is 2.28 bits per heavy atom. The number of hydrogen-bond acceptors (Lipinski definition) is 6. The number of oxazole rings is 1. The molecule has 1 fully saturated rings. The Labute approximate surface area is 149 Å². The lowest BCUT2D eigenvalue weighted by Gasteiger charge is -2.10. The summed E-state index contributed by atoms with van der Waals surface area (Å²) in [5.41, 5.74) is 1.21. The number of ether oxygens (including phenoxy) is 1. The molecule has 1 aromatic carbocycles. The molecule has 2 aromatic heterocycles. The van der Waals surface area contributed by atoms with E-state index in [1.54, 1.807) is 11.3 Å². The summed E-state index contributed by atoms with van der Waals surface area (Å²) in [7, 11) is 0. The molecule has 0 radical (unpaired) electrons. The van der Waals surface area contributed by atoms with Crippen LogP contribution in [-0.2, 0) is 6.61 Å². The molecule has 3 aromatic rings. The summed E-state index contributed by atoms with van der Waals surface area (Å²) < 4.78 is 12.2. The first-order valence-electron chi connectivity index (χ1n) is 8.34. The van der Waals surface area contributed by atoms with Crippen LogP contribution in [0.4, 0.5) is 0 Å². The van der Waals surface area contributed by atoms with Gasteiger partial charge in [-0.15, -0.1) is 11.3 Å². The van der Waals surface area contributed by atoms with Crippen molar-refractivity contribution in [3.8, 4) is 5.75 Å². The van der Waals surface area contributed by atoms with E-state index in [2.05, 4.69) is 15.3 Å². The summed E-state index contributed by atoms with van der Waals surface area (Å²) in [6, 6.07) is 5.96. The van der Waals surface area contributed by atoms with Crippen molar-refractivity contribution in [2.45, 2.75) is 39.3 Å². The molecule has 4 rings (SSSR count). The van der Waals surface area contributed by atoms with E-state index >= 15 is 0 Å². The molecule has 1 N–H and O–H groups in total. The largest absolute Gasteiger partial charge is 0.484 e. The molecule has 7 heteroatoms. The highest BCUT2D eigenvalue weighted by Gasteiger charge is 2.29. The van der Waals surface area contributed by atoms with Gasteiger partial charge in [0.1, 0.15) is 12.0 Å². The minimum Gasteiger partial charge on any atom is -0.484 e. The van der Waals surface area contributed by atoms with E-state index in [1.165, 1.54) is 19.1 Å². The lowest BCUT2D eigenvalue weighted by Crippen LogP contribution is -2.34. The number of nitrogens with one attached hydrogen (secondary N) is 1. The normalized spacial score (nSPS) is 15.3. The van der Waals surface area contributed by atoms with Crippen LogP contribution >= 0.6 is 11.3 Å². The number of hydrogen-bond donors (Lipinski definition) is 1. The summed E-state index contributed by atoms with van der Waals surface area (Å²) >= 11 is 1.65. The zero-order valence-electron chi connectivity index (χ0n) is 14.1. The van der Waals surface area contributed by atoms with Crippen LogP contribution < -0.4 is 10.1 Å². The molecular formula is C18H19N3O3S. The molecule has 1 aliphatic carbocycles.